The molecule has 4 saturated heterocycles. The standard InChI is InChI=1S/C23H18F4N4O4S.C23H21F3N4O4S.C23H22F2N4O4S.C23H20F2N4O4S/c1-3-35-21(32)15-13-8-10(29-22(33)34-2)9-31(13)19(20-28-6-7-36-20)30-23(15)11-4-5-12(24)16(25)14(11)17(26)18(23)27;1-3-34-21(31)17-15-8-11(28-22(32)33-2)10-30(15)19(20-27-6-7-35-20)29-23(17)9-14(25)16-12(23)4-5-13(24)18(16)26;2*1-3-33-21(30)17-16-10-12(27-22(31)32-2)11-29(16)19(20-26-8-9-34-20)28-23(17)7-6-13-14(23)4-5-15(24)18(13)25/h4-7,10H,3,8-9H2,1-2H3,(H,29,33);4-7,11,14H,3,8-10H2,1-2H3,(H,28,32);4-5,8-9,12H,3,6-7,10-11H2,1-2H3,(H,27,31);4-9,12H,3,10-11H2,1-2H3,(H,27,31)/t10-,23?;11-,14?,23?;12-,23?;/m000./s1. The van der Waals surface area contributed by atoms with Gasteiger partial charge in [0.2, 0.25) is 0 Å². The van der Waals surface area contributed by atoms with Crippen LogP contribution in [-0.2, 0) is 85.6 Å². The first-order valence-electron chi connectivity index (χ1n) is 43.2. The summed E-state index contributed by atoms with van der Waals surface area (Å²) in [4.78, 5) is 145. The number of rotatable bonds is 16. The first-order chi connectivity index (χ1) is 66.8. The van der Waals surface area contributed by atoms with Crippen LogP contribution < -0.4 is 21.3 Å². The van der Waals surface area contributed by atoms with Crippen LogP contribution in [0.4, 0.5) is 67.5 Å². The van der Waals surface area contributed by atoms with Crippen LogP contribution in [0.2, 0.25) is 0 Å². The number of hydrogen-bond acceptors (Lipinski definition) is 32. The van der Waals surface area contributed by atoms with E-state index in [1.807, 2.05) is 15.2 Å². The smallest absolute Gasteiger partial charge is 0.407 e. The number of amidine groups is 4. The number of alkyl halides is 1. The SMILES string of the molecule is CCOC(=O)C1=C2CC(NC(=O)OC)CN2C(c2nccs2)=NC12C=Cc1c2ccc(F)c1F.CCOC(=O)C1=C2C[C@H](NC(=O)OC)CN2C(c2nccs2)=NC12C(F)=C(F)c1c2ccc(F)c1F.CCOC(=O)C1=C2C[C@H](NC(=O)OC)CN2C(c2nccs2)=NC12CC(F)c1c2ccc(F)c1F.CCOC(=O)C1=C2C[C@H](NC(=O)OC)CN2C(c2nccs2)=NC12CCc1c2ccc(F)c1F. The molecule has 47 heteroatoms. The summed E-state index contributed by atoms with van der Waals surface area (Å²) in [5, 5.41) is 19.9. The summed E-state index contributed by atoms with van der Waals surface area (Å²) in [6.45, 7) is 7.75. The van der Waals surface area contributed by atoms with Crippen molar-refractivity contribution in [3.05, 3.63) is 263 Å². The first kappa shape index (κ1) is 96.6. The second-order valence-corrected chi connectivity index (χ2v) is 36.1. The molecule has 4 fully saturated rings. The number of aromatic nitrogens is 4. The van der Waals surface area contributed by atoms with Gasteiger partial charge in [0.15, 0.2) is 107 Å². The van der Waals surface area contributed by atoms with Crippen LogP contribution in [0.1, 0.15) is 137 Å². The summed E-state index contributed by atoms with van der Waals surface area (Å²) in [6.07, 6.45) is 5.74. The Bertz CT molecular complexity index is 6710. The number of carbonyl (C=O) groups excluding carboxylic acids is 8. The minimum Gasteiger partial charge on any atom is -0.463 e. The number of benzene rings is 4. The van der Waals surface area contributed by atoms with E-state index in [4.69, 9.17) is 48.1 Å². The highest BCUT2D eigenvalue weighted by molar-refractivity contribution is 7.12. The highest BCUT2D eigenvalue weighted by Crippen LogP contribution is 2.61. The molecule has 8 aromatic rings. The maximum Gasteiger partial charge on any atom is 0.407 e. The van der Waals surface area contributed by atoms with Gasteiger partial charge in [-0.2, -0.15) is 0 Å². The van der Waals surface area contributed by atoms with Crippen molar-refractivity contribution in [2.45, 2.75) is 125 Å². The number of alkyl carbamates (subject to hydrolysis) is 4. The molecule has 4 spiro atoms. The lowest BCUT2D eigenvalue weighted by Crippen LogP contribution is -2.44. The molecule has 0 bridgehead atoms. The average molecular weight is 2000 g/mol. The summed E-state index contributed by atoms with van der Waals surface area (Å²) in [7, 11) is 4.97. The molecule has 32 nitrogen and oxygen atoms in total. The zero-order valence-electron chi connectivity index (χ0n) is 74.6. The normalized spacial score (nSPS) is 23.2. The number of ether oxygens (including phenoxy) is 8. The molecule has 726 valence electrons. The molecular formula is C92H81F11N16O16S4. The second-order valence-electron chi connectivity index (χ2n) is 32.5. The fourth-order valence-electron chi connectivity index (χ4n) is 19.6. The Morgan fingerprint density at radius 1 is 0.417 bits per heavy atom. The van der Waals surface area contributed by atoms with E-state index in [0.29, 0.717) is 85.3 Å². The van der Waals surface area contributed by atoms with Crippen LogP contribution in [-0.4, -0.2) is 216 Å². The van der Waals surface area contributed by atoms with E-state index >= 15 is 13.2 Å². The summed E-state index contributed by atoms with van der Waals surface area (Å²) in [5.41, 5.74) is -5.55. The minimum absolute atomic E-state index is 0.0106. The lowest BCUT2D eigenvalue weighted by atomic mass is 9.81. The van der Waals surface area contributed by atoms with Gasteiger partial charge in [0.1, 0.15) is 22.8 Å². The Morgan fingerprint density at radius 3 is 1.21 bits per heavy atom. The van der Waals surface area contributed by atoms with Gasteiger partial charge in [-0.15, -0.1) is 45.3 Å². The van der Waals surface area contributed by atoms with Crippen LogP contribution in [0, 0.1) is 46.5 Å². The molecule has 4 N–H and O–H groups in total. The van der Waals surface area contributed by atoms with Crippen molar-refractivity contribution in [2.24, 2.45) is 20.0 Å². The number of hydrogen-bond donors (Lipinski definition) is 4. The third-order valence-electron chi connectivity index (χ3n) is 25.0. The molecule has 8 aliphatic heterocycles. The van der Waals surface area contributed by atoms with Crippen LogP contribution >= 0.6 is 45.3 Å². The number of nitrogens with zero attached hydrogens (tertiary/aromatic N) is 12. The quantitative estimate of drug-likeness (QED) is 0.0396. The van der Waals surface area contributed by atoms with Gasteiger partial charge < -0.3 is 78.8 Å². The largest absolute Gasteiger partial charge is 0.463 e. The summed E-state index contributed by atoms with van der Waals surface area (Å²) < 4.78 is 202. The van der Waals surface area contributed by atoms with Crippen LogP contribution in [0.15, 0.2) is 172 Å². The molecule has 4 aliphatic carbocycles. The number of nitrogens with one attached hydrogen (secondary N) is 4. The average Bonchev–Trinajstić information content (AvgIpc) is 1.53. The van der Waals surface area contributed by atoms with Gasteiger partial charge in [-0.3, -0.25) is 0 Å². The third-order valence-corrected chi connectivity index (χ3v) is 28.1. The predicted octanol–water partition coefficient (Wildman–Crippen LogP) is 14.3. The maximum atomic E-state index is 16.0. The monoisotopic (exact) mass is 2000 g/mol. The number of halogens is 11. The highest BCUT2D eigenvalue weighted by atomic mass is 32.1. The number of carbonyl (C=O) groups is 8. The van der Waals surface area contributed by atoms with E-state index in [1.54, 1.807) is 71.4 Å². The van der Waals surface area contributed by atoms with Crippen LogP contribution in [0.25, 0.3) is 11.9 Å². The van der Waals surface area contributed by atoms with Gasteiger partial charge in [0.05, 0.1) is 107 Å². The molecule has 4 amide bonds. The number of methoxy groups -OCH3 is 4. The number of amides is 4. The number of thiazole rings is 4. The van der Waals surface area contributed by atoms with E-state index in [9.17, 15) is 73.5 Å². The van der Waals surface area contributed by atoms with Crippen molar-refractivity contribution in [3.63, 3.8) is 0 Å². The second kappa shape index (κ2) is 38.7. The van der Waals surface area contributed by atoms with Gasteiger partial charge in [0.25, 0.3) is 0 Å². The Hall–Kier alpha value is -14.1. The topological polar surface area (TPSA) is 372 Å². The fourth-order valence-corrected chi connectivity index (χ4v) is 22.1. The molecule has 20 rings (SSSR count). The molecule has 12 aliphatic rings. The number of esters is 4. The van der Waals surface area contributed by atoms with Gasteiger partial charge in [0, 0.05) is 144 Å². The predicted molar refractivity (Wildman–Crippen MR) is 479 cm³/mol. The zero-order valence-corrected chi connectivity index (χ0v) is 77.8. The molecule has 0 radical (unpaired) electrons. The Balaban J connectivity index is 0.000000128. The number of aliphatic imine (C=N–C) groups is 4. The van der Waals surface area contributed by atoms with Crippen molar-refractivity contribution in [2.75, 3.05) is 81.0 Å². The van der Waals surface area contributed by atoms with E-state index in [2.05, 4.69) is 50.9 Å². The molecule has 6 unspecified atom stereocenters. The molecule has 12 heterocycles. The third kappa shape index (κ3) is 16.6. The Labute approximate surface area is 798 Å². The maximum absolute atomic E-state index is 16.0. The Kier molecular flexibility index (Phi) is 26.9. The van der Waals surface area contributed by atoms with Gasteiger partial charge in [-0.05, 0) is 93.1 Å². The van der Waals surface area contributed by atoms with E-state index in [-0.39, 0.29) is 134 Å². The first-order valence-corrected chi connectivity index (χ1v) is 46.8. The zero-order chi connectivity index (χ0) is 98.7. The lowest BCUT2D eigenvalue weighted by molar-refractivity contribution is -0.140. The summed E-state index contributed by atoms with van der Waals surface area (Å²) in [5.74, 6) is -14.1. The van der Waals surface area contributed by atoms with Crippen molar-refractivity contribution >= 4 is 129 Å². The Morgan fingerprint density at radius 2 is 0.777 bits per heavy atom. The highest BCUT2D eigenvalue weighted by Gasteiger charge is 2.62. The number of fused-ring (bicyclic) bond motifs is 12. The van der Waals surface area contributed by atoms with E-state index in [1.165, 1.54) is 99.8 Å². The molecule has 4 aromatic carbocycles. The van der Waals surface area contributed by atoms with Crippen molar-refractivity contribution in [3.8, 4) is 0 Å². The van der Waals surface area contributed by atoms with Crippen LogP contribution in [0.5, 0.6) is 0 Å². The van der Waals surface area contributed by atoms with Crippen molar-refractivity contribution in [1.29, 1.82) is 0 Å². The molecular weight excluding hydrogens is 1920 g/mol. The van der Waals surface area contributed by atoms with Crippen molar-refractivity contribution in [1.82, 2.24) is 60.8 Å². The molecule has 9 atom stereocenters. The van der Waals surface area contributed by atoms with Gasteiger partial charge >= 0.3 is 48.3 Å². The molecule has 139 heavy (non-hydrogen) atoms. The van der Waals surface area contributed by atoms with Crippen LogP contribution in [0.3, 0.4) is 0 Å². The van der Waals surface area contributed by atoms with Crippen molar-refractivity contribution < 1.29 is 125 Å². The molecule has 0 saturated carbocycles. The summed E-state index contributed by atoms with van der Waals surface area (Å²) in [6, 6.07) is 7.09. The van der Waals surface area contributed by atoms with Gasteiger partial charge in [-0.25, -0.2) is 127 Å². The minimum atomic E-state index is -2.48. The fraction of sp³-hybridized carbons (Fsp3) is 0.348. The van der Waals surface area contributed by atoms with E-state index in [0.717, 1.165) is 41.7 Å². The van der Waals surface area contributed by atoms with E-state index < -0.39 is 170 Å². The summed E-state index contributed by atoms with van der Waals surface area (Å²) >= 11 is 5.17. The van der Waals surface area contributed by atoms with Gasteiger partial charge in [-0.1, -0.05) is 30.3 Å². The molecule has 4 aromatic heterocycles. The lowest BCUT2D eigenvalue weighted by Gasteiger charge is -2.38.